The van der Waals surface area contributed by atoms with Gasteiger partial charge in [-0.25, -0.2) is 4.99 Å². The third-order valence-corrected chi connectivity index (χ3v) is 3.80. The number of ketones is 1. The predicted octanol–water partition coefficient (Wildman–Crippen LogP) is 3.19. The number of nitrogens with zero attached hydrogens (tertiary/aromatic N) is 2. The number of aliphatic hydroxyl groups is 1. The third kappa shape index (κ3) is 4.50. The predicted molar refractivity (Wildman–Crippen MR) is 90.0 cm³/mol. The fourth-order valence-corrected chi connectivity index (χ4v) is 2.57. The van der Waals surface area contributed by atoms with Crippen LogP contribution in [0.4, 0.5) is 11.4 Å². The molecule has 1 fully saturated rings. The highest BCUT2D eigenvalue weighted by Crippen LogP contribution is 2.30. The number of carbonyl (C=O) groups is 2. The molecule has 25 heavy (non-hydrogen) atoms. The van der Waals surface area contributed by atoms with Crippen molar-refractivity contribution in [2.45, 2.75) is 32.1 Å². The van der Waals surface area contributed by atoms with Crippen molar-refractivity contribution < 1.29 is 24.4 Å². The summed E-state index contributed by atoms with van der Waals surface area (Å²) in [6, 6.07) is 5.94. The Kier molecular flexibility index (Phi) is 5.99. The molecule has 0 aromatic heterocycles. The highest BCUT2D eigenvalue weighted by molar-refractivity contribution is 6.24. The van der Waals surface area contributed by atoms with E-state index >= 15 is 0 Å². The van der Waals surface area contributed by atoms with Gasteiger partial charge in [0.05, 0.1) is 29.7 Å². The molecule has 0 bridgehead atoms. The van der Waals surface area contributed by atoms with E-state index in [4.69, 9.17) is 0 Å². The van der Waals surface area contributed by atoms with E-state index in [-0.39, 0.29) is 47.8 Å². The number of allylic oxidation sites excluding steroid dienone is 2. The van der Waals surface area contributed by atoms with Crippen molar-refractivity contribution in [1.29, 1.82) is 0 Å². The molecular formula is C17H18N2O6. The van der Waals surface area contributed by atoms with Crippen LogP contribution in [-0.2, 0) is 14.3 Å². The topological polar surface area (TPSA) is 119 Å². The van der Waals surface area contributed by atoms with E-state index in [2.05, 4.69) is 9.73 Å². The lowest BCUT2D eigenvalue weighted by molar-refractivity contribution is -0.384. The molecule has 0 unspecified atom stereocenters. The summed E-state index contributed by atoms with van der Waals surface area (Å²) in [6.45, 7) is 0. The summed E-state index contributed by atoms with van der Waals surface area (Å²) in [5.74, 6) is -1.04. The van der Waals surface area contributed by atoms with Crippen molar-refractivity contribution >= 4 is 28.8 Å². The Balaban J connectivity index is 2.41. The SMILES string of the molecule is COC(=O)CC/C(O)=C1\C(=O)CCCC1=Nc1ccccc1[N+](=O)[O-]. The van der Waals surface area contributed by atoms with Crippen LogP contribution in [0.1, 0.15) is 32.1 Å². The van der Waals surface area contributed by atoms with E-state index in [0.717, 1.165) is 0 Å². The summed E-state index contributed by atoms with van der Waals surface area (Å²) < 4.78 is 4.52. The number of nitro benzene ring substituents is 1. The Hall–Kier alpha value is -3.03. The number of Topliss-reactive ketones (excluding diaryl/α,β-unsaturated/α-hetero) is 1. The summed E-state index contributed by atoms with van der Waals surface area (Å²) >= 11 is 0. The fraction of sp³-hybridized carbons (Fsp3) is 0.353. The number of aliphatic imine (C=N–C) groups is 1. The minimum Gasteiger partial charge on any atom is -0.511 e. The van der Waals surface area contributed by atoms with Crippen LogP contribution in [0, 0.1) is 10.1 Å². The molecule has 1 aliphatic rings. The summed E-state index contributed by atoms with van der Waals surface area (Å²) in [7, 11) is 1.24. The minimum atomic E-state index is -0.551. The summed E-state index contributed by atoms with van der Waals surface area (Å²) in [5.41, 5.74) is 0.290. The molecule has 0 saturated heterocycles. The molecule has 1 saturated carbocycles. The van der Waals surface area contributed by atoms with E-state index in [0.29, 0.717) is 18.6 Å². The summed E-state index contributed by atoms with van der Waals surface area (Å²) in [6.07, 6.45) is 1.09. The smallest absolute Gasteiger partial charge is 0.305 e. The van der Waals surface area contributed by atoms with E-state index < -0.39 is 10.9 Å². The van der Waals surface area contributed by atoms with Gasteiger partial charge < -0.3 is 9.84 Å². The largest absolute Gasteiger partial charge is 0.511 e. The first-order chi connectivity index (χ1) is 11.9. The number of hydrogen-bond acceptors (Lipinski definition) is 7. The molecule has 0 spiro atoms. The van der Waals surface area contributed by atoms with Crippen LogP contribution in [0.15, 0.2) is 40.6 Å². The van der Waals surface area contributed by atoms with Gasteiger partial charge in [-0.15, -0.1) is 0 Å². The Bertz CT molecular complexity index is 766. The van der Waals surface area contributed by atoms with Crippen molar-refractivity contribution in [2.75, 3.05) is 7.11 Å². The second-order valence-electron chi connectivity index (χ2n) is 5.48. The van der Waals surface area contributed by atoms with Crippen LogP contribution in [0.2, 0.25) is 0 Å². The van der Waals surface area contributed by atoms with Gasteiger partial charge in [-0.1, -0.05) is 12.1 Å². The molecule has 1 aliphatic carbocycles. The van der Waals surface area contributed by atoms with Crippen molar-refractivity contribution in [3.8, 4) is 0 Å². The van der Waals surface area contributed by atoms with E-state index in [1.807, 2.05) is 0 Å². The van der Waals surface area contributed by atoms with E-state index in [1.54, 1.807) is 6.07 Å². The molecule has 1 aromatic rings. The first-order valence-electron chi connectivity index (χ1n) is 7.77. The van der Waals surface area contributed by atoms with Crippen molar-refractivity contribution in [2.24, 2.45) is 4.99 Å². The molecule has 8 heteroatoms. The lowest BCUT2D eigenvalue weighted by Gasteiger charge is -2.17. The zero-order chi connectivity index (χ0) is 18.4. The lowest BCUT2D eigenvalue weighted by Crippen LogP contribution is -2.21. The van der Waals surface area contributed by atoms with Gasteiger partial charge in [0.15, 0.2) is 5.78 Å². The molecule has 0 heterocycles. The van der Waals surface area contributed by atoms with Gasteiger partial charge in [0.25, 0.3) is 5.69 Å². The lowest BCUT2D eigenvalue weighted by atomic mass is 9.89. The van der Waals surface area contributed by atoms with Gasteiger partial charge in [-0.05, 0) is 18.9 Å². The molecular weight excluding hydrogens is 328 g/mol. The van der Waals surface area contributed by atoms with Gasteiger partial charge in [-0.2, -0.15) is 0 Å². The molecule has 0 amide bonds. The van der Waals surface area contributed by atoms with Crippen LogP contribution in [0.3, 0.4) is 0 Å². The number of methoxy groups -OCH3 is 1. The molecule has 0 atom stereocenters. The molecule has 2 rings (SSSR count). The Morgan fingerprint density at radius 3 is 2.72 bits per heavy atom. The molecule has 8 nitrogen and oxygen atoms in total. The van der Waals surface area contributed by atoms with E-state index in [9.17, 15) is 24.8 Å². The first kappa shape index (κ1) is 18.3. The zero-order valence-corrected chi connectivity index (χ0v) is 13.7. The maximum Gasteiger partial charge on any atom is 0.305 e. The Labute approximate surface area is 144 Å². The summed E-state index contributed by atoms with van der Waals surface area (Å²) in [4.78, 5) is 38.3. The van der Waals surface area contributed by atoms with Crippen LogP contribution in [0.5, 0.6) is 0 Å². The standard InChI is InChI=1S/C17H18N2O6/c1-25-16(22)10-9-15(21)17-12(6-4-8-14(17)20)18-11-5-2-3-7-13(11)19(23)24/h2-3,5,7,21H,4,6,8-10H2,1H3/b17-15+,18-12?. The first-order valence-corrected chi connectivity index (χ1v) is 7.77. The van der Waals surface area contributed by atoms with Gasteiger partial charge in [0.1, 0.15) is 11.4 Å². The number of aliphatic hydroxyl groups excluding tert-OH is 1. The van der Waals surface area contributed by atoms with Gasteiger partial charge >= 0.3 is 5.97 Å². The van der Waals surface area contributed by atoms with E-state index in [1.165, 1.54) is 25.3 Å². The number of benzene rings is 1. The Morgan fingerprint density at radius 2 is 2.04 bits per heavy atom. The molecule has 132 valence electrons. The maximum atomic E-state index is 12.2. The average Bonchev–Trinajstić information content (AvgIpc) is 2.59. The van der Waals surface area contributed by atoms with Crippen molar-refractivity contribution in [3.63, 3.8) is 0 Å². The number of esters is 1. The molecule has 1 aromatic carbocycles. The highest BCUT2D eigenvalue weighted by Gasteiger charge is 2.26. The fourth-order valence-electron chi connectivity index (χ4n) is 2.57. The van der Waals surface area contributed by atoms with Crippen LogP contribution in [-0.4, -0.2) is 34.6 Å². The maximum absolute atomic E-state index is 12.2. The number of hydrogen-bond donors (Lipinski definition) is 1. The highest BCUT2D eigenvalue weighted by atomic mass is 16.6. The third-order valence-electron chi connectivity index (χ3n) is 3.80. The number of para-hydroxylation sites is 2. The van der Waals surface area contributed by atoms with Gasteiger partial charge in [-0.3, -0.25) is 19.7 Å². The van der Waals surface area contributed by atoms with Crippen LogP contribution < -0.4 is 0 Å². The molecule has 0 radical (unpaired) electrons. The average molecular weight is 346 g/mol. The second kappa shape index (κ2) is 8.18. The summed E-state index contributed by atoms with van der Waals surface area (Å²) in [5, 5.41) is 21.4. The van der Waals surface area contributed by atoms with Gasteiger partial charge in [0.2, 0.25) is 0 Å². The number of rotatable bonds is 5. The quantitative estimate of drug-likeness (QED) is 0.287. The Morgan fingerprint density at radius 1 is 1.32 bits per heavy atom. The second-order valence-corrected chi connectivity index (χ2v) is 5.48. The van der Waals surface area contributed by atoms with Crippen molar-refractivity contribution in [1.82, 2.24) is 0 Å². The number of ether oxygens (including phenoxy) is 1. The minimum absolute atomic E-state index is 0.0494. The monoisotopic (exact) mass is 346 g/mol. The van der Waals surface area contributed by atoms with Crippen molar-refractivity contribution in [3.05, 3.63) is 45.7 Å². The normalized spacial score (nSPS) is 18.1. The molecule has 1 N–H and O–H groups in total. The number of carbonyl (C=O) groups excluding carboxylic acids is 2. The molecule has 0 aliphatic heterocycles. The van der Waals surface area contributed by atoms with Crippen LogP contribution in [0.25, 0.3) is 0 Å². The van der Waals surface area contributed by atoms with Crippen LogP contribution >= 0.6 is 0 Å². The van der Waals surface area contributed by atoms with Gasteiger partial charge in [0, 0.05) is 18.9 Å². The number of nitro groups is 1. The zero-order valence-electron chi connectivity index (χ0n) is 13.7.